The molecule has 2 rings (SSSR count). The van der Waals surface area contributed by atoms with Gasteiger partial charge in [-0.05, 0) is 18.1 Å². The highest BCUT2D eigenvalue weighted by Gasteiger charge is 2.23. The fourth-order valence-corrected chi connectivity index (χ4v) is 2.21. The monoisotopic (exact) mass is 263 g/mol. The molecule has 1 aliphatic carbocycles. The van der Waals surface area contributed by atoms with Crippen LogP contribution in [0.25, 0.3) is 0 Å². The van der Waals surface area contributed by atoms with Crippen molar-refractivity contribution in [3.63, 3.8) is 0 Å². The van der Waals surface area contributed by atoms with Gasteiger partial charge in [0, 0.05) is 19.0 Å². The van der Waals surface area contributed by atoms with Crippen molar-refractivity contribution in [1.29, 1.82) is 0 Å². The van der Waals surface area contributed by atoms with Crippen molar-refractivity contribution < 1.29 is 14.6 Å². The number of nitrogens with one attached hydrogen (secondary N) is 1. The zero-order valence-electron chi connectivity index (χ0n) is 11.5. The number of rotatable bonds is 6. The number of hydrogen-bond donors (Lipinski definition) is 2. The molecule has 1 aromatic rings. The maximum absolute atomic E-state index is 11.8. The summed E-state index contributed by atoms with van der Waals surface area (Å²) in [6, 6.07) is 5.98. The van der Waals surface area contributed by atoms with Crippen molar-refractivity contribution in [2.45, 2.75) is 38.8 Å². The maximum Gasteiger partial charge on any atom is 0.167 e. The zero-order valence-corrected chi connectivity index (χ0v) is 11.5. The summed E-state index contributed by atoms with van der Waals surface area (Å²) < 4.78 is 5.60. The SMILES string of the molecule is CC(C)NCC(O)COc1cccc2c1C(=O)CC2. The molecular formula is C15H21NO3. The first-order valence-corrected chi connectivity index (χ1v) is 6.77. The van der Waals surface area contributed by atoms with Crippen LogP contribution in [0.1, 0.15) is 36.2 Å². The summed E-state index contributed by atoms with van der Waals surface area (Å²) in [5.74, 6) is 0.740. The molecule has 0 aromatic heterocycles. The third-order valence-corrected chi connectivity index (χ3v) is 3.21. The second-order valence-electron chi connectivity index (χ2n) is 5.24. The van der Waals surface area contributed by atoms with Crippen LogP contribution in [0.15, 0.2) is 18.2 Å². The molecule has 2 N–H and O–H groups in total. The Bertz CT molecular complexity index is 457. The molecule has 0 aliphatic heterocycles. The zero-order chi connectivity index (χ0) is 13.8. The highest BCUT2D eigenvalue weighted by Crippen LogP contribution is 2.30. The van der Waals surface area contributed by atoms with E-state index in [4.69, 9.17) is 4.74 Å². The van der Waals surface area contributed by atoms with Crippen LogP contribution in [-0.2, 0) is 6.42 Å². The lowest BCUT2D eigenvalue weighted by Crippen LogP contribution is -2.35. The molecule has 1 aliphatic rings. The molecule has 0 amide bonds. The molecular weight excluding hydrogens is 242 g/mol. The number of benzene rings is 1. The Morgan fingerprint density at radius 3 is 2.89 bits per heavy atom. The predicted octanol–water partition coefficient (Wildman–Crippen LogP) is 1.55. The van der Waals surface area contributed by atoms with E-state index in [0.29, 0.717) is 30.3 Å². The maximum atomic E-state index is 11.8. The van der Waals surface area contributed by atoms with Crippen LogP contribution in [0, 0.1) is 0 Å². The molecule has 0 spiro atoms. The summed E-state index contributed by atoms with van der Waals surface area (Å²) in [4.78, 5) is 11.8. The van der Waals surface area contributed by atoms with Crippen molar-refractivity contribution >= 4 is 5.78 Å². The highest BCUT2D eigenvalue weighted by molar-refractivity contribution is 6.02. The fraction of sp³-hybridized carbons (Fsp3) is 0.533. The Morgan fingerprint density at radius 2 is 2.16 bits per heavy atom. The molecule has 0 saturated carbocycles. The summed E-state index contributed by atoms with van der Waals surface area (Å²) in [6.07, 6.45) is 0.783. The normalized spacial score (nSPS) is 15.7. The van der Waals surface area contributed by atoms with Crippen molar-refractivity contribution in [2.75, 3.05) is 13.2 Å². The van der Waals surface area contributed by atoms with Gasteiger partial charge >= 0.3 is 0 Å². The predicted molar refractivity (Wildman–Crippen MR) is 73.7 cm³/mol. The number of ether oxygens (including phenoxy) is 1. The van der Waals surface area contributed by atoms with Gasteiger partial charge in [-0.25, -0.2) is 0 Å². The minimum Gasteiger partial charge on any atom is -0.490 e. The molecule has 4 nitrogen and oxygen atoms in total. The molecule has 1 aromatic carbocycles. The molecule has 104 valence electrons. The van der Waals surface area contributed by atoms with Gasteiger partial charge in [-0.15, -0.1) is 0 Å². The van der Waals surface area contributed by atoms with Crippen LogP contribution < -0.4 is 10.1 Å². The van der Waals surface area contributed by atoms with E-state index >= 15 is 0 Å². The number of aliphatic hydroxyl groups excluding tert-OH is 1. The Kier molecular flexibility index (Phi) is 4.56. The fourth-order valence-electron chi connectivity index (χ4n) is 2.21. The first kappa shape index (κ1) is 14.0. The average Bonchev–Trinajstić information content (AvgIpc) is 2.76. The molecule has 1 unspecified atom stereocenters. The summed E-state index contributed by atoms with van der Waals surface area (Å²) in [5.41, 5.74) is 1.75. The second kappa shape index (κ2) is 6.17. The number of ketones is 1. The van der Waals surface area contributed by atoms with Crippen molar-refractivity contribution in [2.24, 2.45) is 0 Å². The topological polar surface area (TPSA) is 58.6 Å². The number of carbonyl (C=O) groups excluding carboxylic acids is 1. The van der Waals surface area contributed by atoms with E-state index in [1.165, 1.54) is 0 Å². The Labute approximate surface area is 113 Å². The lowest BCUT2D eigenvalue weighted by Gasteiger charge is -2.16. The number of hydrogen-bond acceptors (Lipinski definition) is 4. The minimum absolute atomic E-state index is 0.139. The van der Waals surface area contributed by atoms with Crippen LogP contribution in [0.4, 0.5) is 0 Å². The van der Waals surface area contributed by atoms with Gasteiger partial charge in [-0.1, -0.05) is 26.0 Å². The van der Waals surface area contributed by atoms with E-state index < -0.39 is 6.10 Å². The molecule has 0 bridgehead atoms. The largest absolute Gasteiger partial charge is 0.490 e. The lowest BCUT2D eigenvalue weighted by atomic mass is 10.1. The second-order valence-corrected chi connectivity index (χ2v) is 5.24. The van der Waals surface area contributed by atoms with E-state index in [0.717, 1.165) is 12.0 Å². The van der Waals surface area contributed by atoms with Gasteiger partial charge in [0.1, 0.15) is 18.5 Å². The Morgan fingerprint density at radius 1 is 1.37 bits per heavy atom. The number of fused-ring (bicyclic) bond motifs is 1. The molecule has 19 heavy (non-hydrogen) atoms. The first-order chi connectivity index (χ1) is 9.08. The summed E-state index contributed by atoms with van der Waals surface area (Å²) in [6.45, 7) is 4.73. The van der Waals surface area contributed by atoms with Crippen molar-refractivity contribution in [3.05, 3.63) is 29.3 Å². The van der Waals surface area contributed by atoms with Gasteiger partial charge in [0.2, 0.25) is 0 Å². The molecule has 1 atom stereocenters. The standard InChI is InChI=1S/C15H21NO3/c1-10(2)16-8-12(17)9-19-14-5-3-4-11-6-7-13(18)15(11)14/h3-5,10,12,16-17H,6-9H2,1-2H3. The third-order valence-electron chi connectivity index (χ3n) is 3.21. The van der Waals surface area contributed by atoms with E-state index in [1.54, 1.807) is 6.07 Å². The van der Waals surface area contributed by atoms with E-state index in [2.05, 4.69) is 5.32 Å². The Balaban J connectivity index is 1.94. The first-order valence-electron chi connectivity index (χ1n) is 6.77. The van der Waals surface area contributed by atoms with Gasteiger partial charge in [0.25, 0.3) is 0 Å². The Hall–Kier alpha value is -1.39. The smallest absolute Gasteiger partial charge is 0.167 e. The van der Waals surface area contributed by atoms with Gasteiger partial charge in [0.05, 0.1) is 5.56 Å². The summed E-state index contributed by atoms with van der Waals surface area (Å²) in [7, 11) is 0. The van der Waals surface area contributed by atoms with E-state index in [-0.39, 0.29) is 12.4 Å². The van der Waals surface area contributed by atoms with Gasteiger partial charge in [-0.2, -0.15) is 0 Å². The van der Waals surface area contributed by atoms with E-state index in [9.17, 15) is 9.90 Å². The van der Waals surface area contributed by atoms with Crippen LogP contribution in [0.3, 0.4) is 0 Å². The van der Waals surface area contributed by atoms with Crippen molar-refractivity contribution in [3.8, 4) is 5.75 Å². The van der Waals surface area contributed by atoms with Gasteiger partial charge in [0.15, 0.2) is 5.78 Å². The van der Waals surface area contributed by atoms with Gasteiger partial charge in [-0.3, -0.25) is 4.79 Å². The number of Topliss-reactive ketones (excluding diaryl/α,β-unsaturated/α-hetero) is 1. The number of carbonyl (C=O) groups is 1. The molecule has 0 fully saturated rings. The number of aryl methyl sites for hydroxylation is 1. The quantitative estimate of drug-likeness (QED) is 0.817. The summed E-state index contributed by atoms with van der Waals surface area (Å²) in [5, 5.41) is 12.9. The van der Waals surface area contributed by atoms with E-state index in [1.807, 2.05) is 26.0 Å². The third kappa shape index (κ3) is 3.55. The number of aliphatic hydroxyl groups is 1. The van der Waals surface area contributed by atoms with Crippen molar-refractivity contribution in [1.82, 2.24) is 5.32 Å². The average molecular weight is 263 g/mol. The molecule has 0 saturated heterocycles. The summed E-state index contributed by atoms with van der Waals surface area (Å²) >= 11 is 0. The van der Waals surface area contributed by atoms with Crippen LogP contribution in [0.5, 0.6) is 5.75 Å². The minimum atomic E-state index is -0.574. The van der Waals surface area contributed by atoms with Crippen LogP contribution >= 0.6 is 0 Å². The molecule has 0 radical (unpaired) electrons. The molecule has 0 heterocycles. The lowest BCUT2D eigenvalue weighted by molar-refractivity contribution is 0.0958. The van der Waals surface area contributed by atoms with Crippen LogP contribution in [0.2, 0.25) is 0 Å². The molecule has 4 heteroatoms. The highest BCUT2D eigenvalue weighted by atomic mass is 16.5. The van der Waals surface area contributed by atoms with Gasteiger partial charge < -0.3 is 15.2 Å². The van der Waals surface area contributed by atoms with Crippen LogP contribution in [-0.4, -0.2) is 36.2 Å².